The van der Waals surface area contributed by atoms with Crippen LogP contribution in [-0.4, -0.2) is 34.2 Å². The van der Waals surface area contributed by atoms with Gasteiger partial charge in [-0.15, -0.1) is 0 Å². The maximum Gasteiger partial charge on any atom is 0.339 e. The third-order valence-corrected chi connectivity index (χ3v) is 4.87. The van der Waals surface area contributed by atoms with Gasteiger partial charge in [0.1, 0.15) is 0 Å². The fourth-order valence-corrected chi connectivity index (χ4v) is 3.15. The van der Waals surface area contributed by atoms with Gasteiger partial charge in [-0.2, -0.15) is 0 Å². The molecule has 2 aromatic rings. The van der Waals surface area contributed by atoms with Crippen molar-refractivity contribution >= 4 is 34.1 Å². The SMILES string of the molecule is CC[S@@](=O)c1ccccc1C(=O)OCC(=O)Nc1cccc(C(C)=O)c1. The molecule has 7 heteroatoms. The molecule has 0 unspecified atom stereocenters. The number of amides is 1. The van der Waals surface area contributed by atoms with E-state index in [-0.39, 0.29) is 11.3 Å². The molecule has 0 saturated carbocycles. The Morgan fingerprint density at radius 1 is 1.08 bits per heavy atom. The summed E-state index contributed by atoms with van der Waals surface area (Å²) in [5, 5.41) is 2.56. The Morgan fingerprint density at radius 2 is 1.81 bits per heavy atom. The van der Waals surface area contributed by atoms with E-state index in [4.69, 9.17) is 4.74 Å². The lowest BCUT2D eigenvalue weighted by Crippen LogP contribution is -2.21. The molecule has 1 atom stereocenters. The molecule has 26 heavy (non-hydrogen) atoms. The molecule has 0 fully saturated rings. The number of ketones is 1. The molecular weight excluding hydrogens is 354 g/mol. The maximum atomic E-state index is 12.2. The molecule has 136 valence electrons. The predicted molar refractivity (Wildman–Crippen MR) is 98.8 cm³/mol. The van der Waals surface area contributed by atoms with Gasteiger partial charge in [-0.1, -0.05) is 31.2 Å². The van der Waals surface area contributed by atoms with Crippen molar-refractivity contribution in [2.75, 3.05) is 17.7 Å². The summed E-state index contributed by atoms with van der Waals surface area (Å²) >= 11 is 0. The Balaban J connectivity index is 2.00. The summed E-state index contributed by atoms with van der Waals surface area (Å²) in [7, 11) is -1.31. The predicted octanol–water partition coefficient (Wildman–Crippen LogP) is 2.81. The molecule has 0 bridgehead atoms. The van der Waals surface area contributed by atoms with Gasteiger partial charge in [0.2, 0.25) is 0 Å². The van der Waals surface area contributed by atoms with Crippen molar-refractivity contribution in [1.29, 1.82) is 0 Å². The lowest BCUT2D eigenvalue weighted by Gasteiger charge is -2.09. The van der Waals surface area contributed by atoms with Crippen molar-refractivity contribution in [2.45, 2.75) is 18.7 Å². The molecule has 1 N–H and O–H groups in total. The highest BCUT2D eigenvalue weighted by molar-refractivity contribution is 7.85. The lowest BCUT2D eigenvalue weighted by atomic mass is 10.1. The highest BCUT2D eigenvalue weighted by atomic mass is 32.2. The van der Waals surface area contributed by atoms with Gasteiger partial charge in [-0.3, -0.25) is 13.8 Å². The Hall–Kier alpha value is -2.80. The van der Waals surface area contributed by atoms with Crippen LogP contribution in [0.3, 0.4) is 0 Å². The zero-order chi connectivity index (χ0) is 19.1. The Bertz CT molecular complexity index is 863. The van der Waals surface area contributed by atoms with Crippen LogP contribution in [-0.2, 0) is 20.3 Å². The molecule has 2 rings (SSSR count). The second-order valence-electron chi connectivity index (χ2n) is 5.39. The maximum absolute atomic E-state index is 12.2. The molecule has 0 radical (unpaired) electrons. The third-order valence-electron chi connectivity index (χ3n) is 3.50. The van der Waals surface area contributed by atoms with Crippen LogP contribution >= 0.6 is 0 Å². The minimum atomic E-state index is -1.31. The van der Waals surface area contributed by atoms with E-state index in [9.17, 15) is 18.6 Å². The van der Waals surface area contributed by atoms with Crippen LogP contribution in [0.1, 0.15) is 34.6 Å². The molecule has 0 aliphatic heterocycles. The van der Waals surface area contributed by atoms with E-state index in [2.05, 4.69) is 5.32 Å². The van der Waals surface area contributed by atoms with Crippen LogP contribution in [0.5, 0.6) is 0 Å². The van der Waals surface area contributed by atoms with Gasteiger partial charge in [0, 0.05) is 17.0 Å². The summed E-state index contributed by atoms with van der Waals surface area (Å²) in [6.07, 6.45) is 0. The van der Waals surface area contributed by atoms with Crippen LogP contribution in [0.25, 0.3) is 0 Å². The summed E-state index contributed by atoms with van der Waals surface area (Å²) in [6, 6.07) is 12.9. The van der Waals surface area contributed by atoms with Crippen molar-refractivity contribution in [3.8, 4) is 0 Å². The second kappa shape index (κ2) is 9.05. The first kappa shape index (κ1) is 19.5. The molecule has 1 amide bonds. The second-order valence-corrected chi connectivity index (χ2v) is 7.10. The number of hydrogen-bond donors (Lipinski definition) is 1. The van der Waals surface area contributed by atoms with E-state index < -0.39 is 29.3 Å². The highest BCUT2D eigenvalue weighted by Crippen LogP contribution is 2.15. The summed E-state index contributed by atoms with van der Waals surface area (Å²) < 4.78 is 17.0. The molecule has 0 aliphatic rings. The minimum Gasteiger partial charge on any atom is -0.452 e. The van der Waals surface area contributed by atoms with E-state index in [0.29, 0.717) is 21.9 Å². The van der Waals surface area contributed by atoms with Crippen molar-refractivity contribution in [3.63, 3.8) is 0 Å². The number of ether oxygens (including phenoxy) is 1. The first-order valence-electron chi connectivity index (χ1n) is 7.97. The first-order chi connectivity index (χ1) is 12.4. The number of rotatable bonds is 7. The summed E-state index contributed by atoms with van der Waals surface area (Å²) in [6.45, 7) is 2.69. The molecular formula is C19H19NO5S. The van der Waals surface area contributed by atoms with Crippen LogP contribution in [0, 0.1) is 0 Å². The number of nitrogens with one attached hydrogen (secondary N) is 1. The Labute approximate surface area is 154 Å². The van der Waals surface area contributed by atoms with Gasteiger partial charge in [0.15, 0.2) is 12.4 Å². The number of esters is 1. The standard InChI is InChI=1S/C19H19NO5S/c1-3-26(24)17-10-5-4-9-16(17)19(23)25-12-18(22)20-15-8-6-7-14(11-15)13(2)21/h4-11H,3,12H2,1-2H3,(H,20,22)/t26-/m1/s1. The van der Waals surface area contributed by atoms with Crippen LogP contribution < -0.4 is 5.32 Å². The minimum absolute atomic E-state index is 0.118. The largest absolute Gasteiger partial charge is 0.452 e. The van der Waals surface area contributed by atoms with Crippen molar-refractivity contribution in [1.82, 2.24) is 0 Å². The van der Waals surface area contributed by atoms with Crippen LogP contribution in [0.15, 0.2) is 53.4 Å². The zero-order valence-electron chi connectivity index (χ0n) is 14.5. The fraction of sp³-hybridized carbons (Fsp3) is 0.211. The van der Waals surface area contributed by atoms with Gasteiger partial charge >= 0.3 is 5.97 Å². The Morgan fingerprint density at radius 3 is 2.50 bits per heavy atom. The Kier molecular flexibility index (Phi) is 6.80. The van der Waals surface area contributed by atoms with E-state index in [1.54, 1.807) is 49.4 Å². The lowest BCUT2D eigenvalue weighted by molar-refractivity contribution is -0.119. The number of carbonyl (C=O) groups excluding carboxylic acids is 3. The molecule has 0 saturated heterocycles. The van der Waals surface area contributed by atoms with Crippen LogP contribution in [0.4, 0.5) is 5.69 Å². The van der Waals surface area contributed by atoms with E-state index in [0.717, 1.165) is 0 Å². The molecule has 0 aromatic heterocycles. The number of benzene rings is 2. The zero-order valence-corrected chi connectivity index (χ0v) is 15.3. The van der Waals surface area contributed by atoms with E-state index in [1.807, 2.05) is 0 Å². The normalized spacial score (nSPS) is 11.5. The average Bonchev–Trinajstić information content (AvgIpc) is 2.65. The summed E-state index contributed by atoms with van der Waals surface area (Å²) in [4.78, 5) is 35.9. The van der Waals surface area contributed by atoms with Gasteiger partial charge in [-0.05, 0) is 31.2 Å². The number of anilines is 1. The molecule has 6 nitrogen and oxygen atoms in total. The van der Waals surface area contributed by atoms with Gasteiger partial charge in [0.05, 0.1) is 21.3 Å². The van der Waals surface area contributed by atoms with Gasteiger partial charge in [0.25, 0.3) is 5.91 Å². The van der Waals surface area contributed by atoms with Gasteiger partial charge in [-0.25, -0.2) is 4.79 Å². The molecule has 0 aliphatic carbocycles. The van der Waals surface area contributed by atoms with Crippen molar-refractivity contribution in [2.24, 2.45) is 0 Å². The smallest absolute Gasteiger partial charge is 0.339 e. The van der Waals surface area contributed by atoms with Crippen molar-refractivity contribution in [3.05, 3.63) is 59.7 Å². The molecule has 0 spiro atoms. The quantitative estimate of drug-likeness (QED) is 0.595. The first-order valence-corrected chi connectivity index (χ1v) is 9.29. The average molecular weight is 373 g/mol. The molecule has 0 heterocycles. The highest BCUT2D eigenvalue weighted by Gasteiger charge is 2.17. The van der Waals surface area contributed by atoms with E-state index >= 15 is 0 Å². The topological polar surface area (TPSA) is 89.5 Å². The van der Waals surface area contributed by atoms with E-state index in [1.165, 1.54) is 13.0 Å². The van der Waals surface area contributed by atoms with Gasteiger partial charge < -0.3 is 10.1 Å². The van der Waals surface area contributed by atoms with Crippen LogP contribution in [0.2, 0.25) is 0 Å². The number of Topliss-reactive ketones (excluding diaryl/α,β-unsaturated/α-hetero) is 1. The third kappa shape index (κ3) is 5.10. The number of carbonyl (C=O) groups is 3. The van der Waals surface area contributed by atoms with Crippen molar-refractivity contribution < 1.29 is 23.3 Å². The fourth-order valence-electron chi connectivity index (χ4n) is 2.21. The molecule has 2 aromatic carbocycles. The number of hydrogen-bond acceptors (Lipinski definition) is 5. The monoisotopic (exact) mass is 373 g/mol. The summed E-state index contributed by atoms with van der Waals surface area (Å²) in [5.74, 6) is -0.992. The summed E-state index contributed by atoms with van der Waals surface area (Å²) in [5.41, 5.74) is 1.08.